The maximum Gasteiger partial charge on any atom is 0.189 e. The van der Waals surface area contributed by atoms with E-state index in [1.54, 1.807) is 19.9 Å². The molecule has 0 fully saturated rings. The standard InChI is InChI=1S/C13H10O4/c1-6-3-8-10(5-15)13(17)9(4-14)7(2)11(8)12(6)16/h3-5,17H,1-2H3. The number of phenols is 1. The molecule has 86 valence electrons. The lowest BCUT2D eigenvalue weighted by Crippen LogP contribution is -2.05. The first-order valence-electron chi connectivity index (χ1n) is 5.05. The predicted octanol–water partition coefficient (Wildman–Crippen LogP) is 1.93. The maximum absolute atomic E-state index is 11.9. The SMILES string of the molecule is CC1=Cc2c(C=O)c(O)c(C=O)c(C)c2C1=O. The van der Waals surface area contributed by atoms with Crippen LogP contribution >= 0.6 is 0 Å². The van der Waals surface area contributed by atoms with Crippen molar-refractivity contribution in [1.82, 2.24) is 0 Å². The zero-order valence-corrected chi connectivity index (χ0v) is 9.40. The minimum absolute atomic E-state index is 0.00194. The van der Waals surface area contributed by atoms with E-state index < -0.39 is 0 Å². The third-order valence-corrected chi connectivity index (χ3v) is 3.03. The average Bonchev–Trinajstić information content (AvgIpc) is 2.57. The summed E-state index contributed by atoms with van der Waals surface area (Å²) in [5.41, 5.74) is 1.65. The largest absolute Gasteiger partial charge is 0.506 e. The van der Waals surface area contributed by atoms with Gasteiger partial charge >= 0.3 is 0 Å². The molecule has 0 radical (unpaired) electrons. The van der Waals surface area contributed by atoms with Gasteiger partial charge in [-0.2, -0.15) is 0 Å². The van der Waals surface area contributed by atoms with Crippen molar-refractivity contribution in [1.29, 1.82) is 0 Å². The van der Waals surface area contributed by atoms with Crippen LogP contribution in [0.1, 0.15) is 49.1 Å². The Labute approximate surface area is 97.6 Å². The maximum atomic E-state index is 11.9. The van der Waals surface area contributed by atoms with Crippen molar-refractivity contribution in [2.24, 2.45) is 0 Å². The molecule has 4 heteroatoms. The Kier molecular flexibility index (Phi) is 2.42. The fourth-order valence-electron chi connectivity index (χ4n) is 2.11. The van der Waals surface area contributed by atoms with Crippen LogP contribution in [0.3, 0.4) is 0 Å². The number of Topliss-reactive ketones (excluding diaryl/α,β-unsaturated/α-hetero) is 1. The van der Waals surface area contributed by atoms with Crippen molar-refractivity contribution in [3.05, 3.63) is 33.4 Å². The molecule has 17 heavy (non-hydrogen) atoms. The number of ketones is 1. The number of phenolic OH excluding ortho intramolecular Hbond substituents is 1. The molecule has 1 aromatic carbocycles. The van der Waals surface area contributed by atoms with Crippen molar-refractivity contribution >= 4 is 24.4 Å². The number of hydrogen-bond acceptors (Lipinski definition) is 4. The van der Waals surface area contributed by atoms with Crippen LogP contribution < -0.4 is 0 Å². The Morgan fingerprint density at radius 3 is 2.24 bits per heavy atom. The van der Waals surface area contributed by atoms with Gasteiger partial charge in [0.1, 0.15) is 5.75 Å². The minimum Gasteiger partial charge on any atom is -0.506 e. The van der Waals surface area contributed by atoms with Gasteiger partial charge in [-0.15, -0.1) is 0 Å². The summed E-state index contributed by atoms with van der Waals surface area (Å²) in [5, 5.41) is 9.80. The molecule has 0 amide bonds. The van der Waals surface area contributed by atoms with Crippen LogP contribution in [-0.4, -0.2) is 23.5 Å². The Morgan fingerprint density at radius 2 is 1.71 bits per heavy atom. The first kappa shape index (κ1) is 11.3. The van der Waals surface area contributed by atoms with Crippen LogP contribution in [0, 0.1) is 6.92 Å². The third-order valence-electron chi connectivity index (χ3n) is 3.03. The summed E-state index contributed by atoms with van der Waals surface area (Å²) in [4.78, 5) is 33.7. The van der Waals surface area contributed by atoms with Gasteiger partial charge in [0.2, 0.25) is 0 Å². The molecule has 1 N–H and O–H groups in total. The molecule has 0 aromatic heterocycles. The molecule has 0 atom stereocenters. The topological polar surface area (TPSA) is 71.4 Å². The van der Waals surface area contributed by atoms with Gasteiger partial charge < -0.3 is 5.11 Å². The number of fused-ring (bicyclic) bond motifs is 1. The van der Waals surface area contributed by atoms with Gasteiger partial charge in [-0.3, -0.25) is 14.4 Å². The number of allylic oxidation sites excluding steroid dienone is 1. The smallest absolute Gasteiger partial charge is 0.189 e. The molecule has 1 aromatic rings. The molecule has 1 aliphatic rings. The van der Waals surface area contributed by atoms with Crippen LogP contribution in [-0.2, 0) is 0 Å². The lowest BCUT2D eigenvalue weighted by Gasteiger charge is -2.11. The van der Waals surface area contributed by atoms with Crippen molar-refractivity contribution in [3.8, 4) is 5.75 Å². The van der Waals surface area contributed by atoms with E-state index in [2.05, 4.69) is 0 Å². The Bertz CT molecular complexity index is 594. The molecule has 1 aliphatic carbocycles. The van der Waals surface area contributed by atoms with Crippen LogP contribution in [0.2, 0.25) is 0 Å². The van der Waals surface area contributed by atoms with Crippen molar-refractivity contribution in [2.75, 3.05) is 0 Å². The van der Waals surface area contributed by atoms with Gasteiger partial charge in [0, 0.05) is 11.1 Å². The van der Waals surface area contributed by atoms with Crippen LogP contribution in [0.15, 0.2) is 5.57 Å². The van der Waals surface area contributed by atoms with Gasteiger partial charge in [-0.1, -0.05) is 0 Å². The van der Waals surface area contributed by atoms with E-state index in [4.69, 9.17) is 0 Å². The van der Waals surface area contributed by atoms with Crippen molar-refractivity contribution in [3.63, 3.8) is 0 Å². The van der Waals surface area contributed by atoms with Gasteiger partial charge in [-0.25, -0.2) is 0 Å². The van der Waals surface area contributed by atoms with Crippen molar-refractivity contribution in [2.45, 2.75) is 13.8 Å². The van der Waals surface area contributed by atoms with E-state index in [1.165, 1.54) is 0 Å². The van der Waals surface area contributed by atoms with E-state index in [0.717, 1.165) is 0 Å². The number of carbonyl (C=O) groups is 3. The zero-order chi connectivity index (χ0) is 12.7. The second-order valence-electron chi connectivity index (χ2n) is 3.98. The summed E-state index contributed by atoms with van der Waals surface area (Å²) in [6.07, 6.45) is 2.48. The van der Waals surface area contributed by atoms with Gasteiger partial charge in [0.25, 0.3) is 0 Å². The van der Waals surface area contributed by atoms with Crippen LogP contribution in [0.25, 0.3) is 6.08 Å². The Hall–Kier alpha value is -2.23. The number of rotatable bonds is 2. The van der Waals surface area contributed by atoms with Gasteiger partial charge in [-0.05, 0) is 31.1 Å². The second kappa shape index (κ2) is 3.66. The fraction of sp³-hybridized carbons (Fsp3) is 0.154. The summed E-state index contributed by atoms with van der Waals surface area (Å²) < 4.78 is 0. The first-order valence-corrected chi connectivity index (χ1v) is 5.05. The molecule has 0 bridgehead atoms. The quantitative estimate of drug-likeness (QED) is 0.788. The number of benzene rings is 1. The predicted molar refractivity (Wildman–Crippen MR) is 61.6 cm³/mol. The minimum atomic E-state index is -0.356. The molecular formula is C13H10O4. The molecule has 0 unspecified atom stereocenters. The number of aromatic hydroxyl groups is 1. The molecule has 0 saturated heterocycles. The highest BCUT2D eigenvalue weighted by atomic mass is 16.3. The fourth-order valence-corrected chi connectivity index (χ4v) is 2.11. The van der Waals surface area contributed by atoms with Crippen LogP contribution in [0.4, 0.5) is 0 Å². The van der Waals surface area contributed by atoms with Crippen molar-refractivity contribution < 1.29 is 19.5 Å². The van der Waals surface area contributed by atoms with Gasteiger partial charge in [0.05, 0.1) is 11.1 Å². The molecular weight excluding hydrogens is 220 g/mol. The highest BCUT2D eigenvalue weighted by molar-refractivity contribution is 6.21. The van der Waals surface area contributed by atoms with E-state index in [0.29, 0.717) is 34.8 Å². The lowest BCUT2D eigenvalue weighted by atomic mass is 9.93. The molecule has 0 spiro atoms. The van der Waals surface area contributed by atoms with E-state index in [9.17, 15) is 19.5 Å². The zero-order valence-electron chi connectivity index (χ0n) is 9.40. The average molecular weight is 230 g/mol. The summed E-state index contributed by atoms with van der Waals surface area (Å²) in [6, 6.07) is 0. The molecule has 0 aliphatic heterocycles. The van der Waals surface area contributed by atoms with Gasteiger partial charge in [0.15, 0.2) is 18.4 Å². The number of carbonyl (C=O) groups excluding carboxylic acids is 3. The first-order chi connectivity index (χ1) is 8.02. The van der Waals surface area contributed by atoms with E-state index in [-0.39, 0.29) is 22.7 Å². The summed E-state index contributed by atoms with van der Waals surface area (Å²) in [5.74, 6) is -0.561. The lowest BCUT2D eigenvalue weighted by molar-refractivity contribution is 0.103. The van der Waals surface area contributed by atoms with Crippen LogP contribution in [0.5, 0.6) is 5.75 Å². The summed E-state index contributed by atoms with van der Waals surface area (Å²) in [6.45, 7) is 3.22. The molecule has 4 nitrogen and oxygen atoms in total. The van der Waals surface area contributed by atoms with E-state index >= 15 is 0 Å². The summed E-state index contributed by atoms with van der Waals surface area (Å²) in [7, 11) is 0. The summed E-state index contributed by atoms with van der Waals surface area (Å²) >= 11 is 0. The highest BCUT2D eigenvalue weighted by Gasteiger charge is 2.28. The Morgan fingerprint density at radius 1 is 1.12 bits per heavy atom. The molecule has 0 saturated carbocycles. The van der Waals surface area contributed by atoms with E-state index in [1.807, 2.05) is 0 Å². The number of hydrogen-bond donors (Lipinski definition) is 1. The normalized spacial score (nSPS) is 13.3. The second-order valence-corrected chi connectivity index (χ2v) is 3.98. The third kappa shape index (κ3) is 1.34. The molecule has 2 rings (SSSR count). The highest BCUT2D eigenvalue weighted by Crippen LogP contribution is 2.37. The number of aldehydes is 2. The monoisotopic (exact) mass is 230 g/mol. The molecule has 0 heterocycles. The Balaban J connectivity index is 2.95.